The van der Waals surface area contributed by atoms with E-state index in [2.05, 4.69) is 4.98 Å². The van der Waals surface area contributed by atoms with E-state index in [1.807, 2.05) is 13.8 Å². The smallest absolute Gasteiger partial charge is 0.211 e. The molecule has 1 aromatic heterocycles. The molecule has 0 aliphatic heterocycles. The molecular formula is C7H11N2O+. The fraction of sp³-hybridized carbons (Fsp3) is 0.429. The standard InChI is InChI=1S/C7H10N2O/c1-5-4-8-7(10)9(3)6(5)2/h4H,1-3H3/p+1. The Morgan fingerprint density at radius 3 is 2.60 bits per heavy atom. The molecule has 1 N–H and O–H groups in total. The zero-order valence-corrected chi connectivity index (χ0v) is 6.43. The highest BCUT2D eigenvalue weighted by atomic mass is 16.1. The first-order valence-electron chi connectivity index (χ1n) is 3.18. The summed E-state index contributed by atoms with van der Waals surface area (Å²) in [4.78, 5) is 13.5. The van der Waals surface area contributed by atoms with Gasteiger partial charge >= 0.3 is 5.69 Å². The van der Waals surface area contributed by atoms with E-state index in [9.17, 15) is 4.79 Å². The first-order chi connectivity index (χ1) is 4.63. The summed E-state index contributed by atoms with van der Waals surface area (Å²) in [5, 5.41) is 0. The molecule has 3 heteroatoms. The fourth-order valence-corrected chi connectivity index (χ4v) is 0.788. The second-order valence-electron chi connectivity index (χ2n) is 2.42. The minimum Gasteiger partial charge on any atom is -0.211 e. The molecule has 0 saturated heterocycles. The summed E-state index contributed by atoms with van der Waals surface area (Å²) in [5.74, 6) is 0. The Morgan fingerprint density at radius 1 is 1.50 bits per heavy atom. The van der Waals surface area contributed by atoms with Crippen molar-refractivity contribution in [1.82, 2.24) is 4.98 Å². The largest absolute Gasteiger partial charge is 0.495 e. The number of aromatic nitrogens is 2. The average molecular weight is 139 g/mol. The molecule has 0 unspecified atom stereocenters. The topological polar surface area (TPSA) is 36.7 Å². The zero-order chi connectivity index (χ0) is 7.72. The van der Waals surface area contributed by atoms with Crippen LogP contribution in [0.25, 0.3) is 0 Å². The van der Waals surface area contributed by atoms with E-state index in [0.717, 1.165) is 11.3 Å². The number of hydrogen-bond acceptors (Lipinski definition) is 1. The molecule has 10 heavy (non-hydrogen) atoms. The number of hydrogen-bond donors (Lipinski definition) is 1. The molecule has 54 valence electrons. The molecule has 0 spiro atoms. The molecule has 3 nitrogen and oxygen atoms in total. The van der Waals surface area contributed by atoms with Gasteiger partial charge in [-0.1, -0.05) is 0 Å². The third-order valence-corrected chi connectivity index (χ3v) is 1.79. The van der Waals surface area contributed by atoms with E-state index in [-0.39, 0.29) is 5.69 Å². The second kappa shape index (κ2) is 2.25. The monoisotopic (exact) mass is 139 g/mol. The van der Waals surface area contributed by atoms with Crippen LogP contribution in [0.3, 0.4) is 0 Å². The normalized spacial score (nSPS) is 9.90. The molecule has 0 fully saturated rings. The molecule has 1 aromatic rings. The van der Waals surface area contributed by atoms with Gasteiger partial charge in [-0.2, -0.15) is 9.36 Å². The molecule has 0 atom stereocenters. The number of H-pyrrole nitrogens is 1. The first kappa shape index (κ1) is 6.99. The van der Waals surface area contributed by atoms with Crippen LogP contribution in [-0.4, -0.2) is 4.98 Å². The Labute approximate surface area is 59.3 Å². The molecule has 1 heterocycles. The lowest BCUT2D eigenvalue weighted by atomic mass is 10.3. The maximum Gasteiger partial charge on any atom is 0.495 e. The molecular weight excluding hydrogens is 128 g/mol. The third-order valence-electron chi connectivity index (χ3n) is 1.79. The highest BCUT2D eigenvalue weighted by Crippen LogP contribution is 1.92. The Balaban J connectivity index is 3.49. The Kier molecular flexibility index (Phi) is 1.57. The Hall–Kier alpha value is -1.12. The molecule has 0 aliphatic rings. The number of aromatic amines is 1. The van der Waals surface area contributed by atoms with Crippen molar-refractivity contribution in [3.05, 3.63) is 27.9 Å². The maximum absolute atomic E-state index is 10.9. The van der Waals surface area contributed by atoms with Crippen LogP contribution in [0.4, 0.5) is 0 Å². The van der Waals surface area contributed by atoms with Crippen molar-refractivity contribution < 1.29 is 4.57 Å². The summed E-state index contributed by atoms with van der Waals surface area (Å²) in [6.07, 6.45) is 1.72. The van der Waals surface area contributed by atoms with Gasteiger partial charge in [0.15, 0.2) is 0 Å². The highest BCUT2D eigenvalue weighted by molar-refractivity contribution is 5.06. The summed E-state index contributed by atoms with van der Waals surface area (Å²) in [5.41, 5.74) is 2.04. The summed E-state index contributed by atoms with van der Waals surface area (Å²) in [6.45, 7) is 3.88. The lowest BCUT2D eigenvalue weighted by molar-refractivity contribution is -0.695. The van der Waals surface area contributed by atoms with Gasteiger partial charge in [-0.25, -0.2) is 4.98 Å². The lowest BCUT2D eigenvalue weighted by Gasteiger charge is -1.95. The minimum atomic E-state index is -0.0666. The quantitative estimate of drug-likeness (QED) is 0.497. The van der Waals surface area contributed by atoms with Crippen LogP contribution in [0.5, 0.6) is 0 Å². The predicted octanol–water partition coefficient (Wildman–Crippen LogP) is -0.184. The molecule has 1 rings (SSSR count). The van der Waals surface area contributed by atoms with Crippen molar-refractivity contribution in [1.29, 1.82) is 0 Å². The van der Waals surface area contributed by atoms with Crippen molar-refractivity contribution in [3.8, 4) is 0 Å². The van der Waals surface area contributed by atoms with E-state index in [4.69, 9.17) is 0 Å². The van der Waals surface area contributed by atoms with Gasteiger partial charge in [-0.3, -0.25) is 0 Å². The highest BCUT2D eigenvalue weighted by Gasteiger charge is 2.04. The number of nitrogens with zero attached hydrogens (tertiary/aromatic N) is 1. The molecule has 0 aliphatic carbocycles. The number of aryl methyl sites for hydroxylation is 1. The summed E-state index contributed by atoms with van der Waals surface area (Å²) >= 11 is 0. The van der Waals surface area contributed by atoms with E-state index in [1.165, 1.54) is 0 Å². The van der Waals surface area contributed by atoms with Gasteiger partial charge in [0.2, 0.25) is 0 Å². The van der Waals surface area contributed by atoms with Crippen LogP contribution in [0, 0.1) is 13.8 Å². The van der Waals surface area contributed by atoms with Crippen molar-refractivity contribution in [3.63, 3.8) is 0 Å². The van der Waals surface area contributed by atoms with Crippen LogP contribution >= 0.6 is 0 Å². The van der Waals surface area contributed by atoms with Crippen LogP contribution in [0.15, 0.2) is 11.0 Å². The average Bonchev–Trinajstić information content (AvgIpc) is 1.93. The first-order valence-corrected chi connectivity index (χ1v) is 3.18. The van der Waals surface area contributed by atoms with E-state index >= 15 is 0 Å². The Morgan fingerprint density at radius 2 is 2.10 bits per heavy atom. The van der Waals surface area contributed by atoms with Gasteiger partial charge in [0, 0.05) is 5.56 Å². The second-order valence-corrected chi connectivity index (χ2v) is 2.42. The Bertz CT molecular complexity index is 301. The van der Waals surface area contributed by atoms with E-state index < -0.39 is 0 Å². The lowest BCUT2D eigenvalue weighted by Crippen LogP contribution is -2.50. The predicted molar refractivity (Wildman–Crippen MR) is 37.7 cm³/mol. The summed E-state index contributed by atoms with van der Waals surface area (Å²) in [6, 6.07) is 0. The summed E-state index contributed by atoms with van der Waals surface area (Å²) in [7, 11) is 1.75. The van der Waals surface area contributed by atoms with Gasteiger partial charge in [0.05, 0.1) is 13.2 Å². The maximum atomic E-state index is 10.9. The van der Waals surface area contributed by atoms with Gasteiger partial charge in [0.1, 0.15) is 5.69 Å². The van der Waals surface area contributed by atoms with E-state index in [1.54, 1.807) is 17.8 Å². The van der Waals surface area contributed by atoms with Gasteiger partial charge in [-0.15, -0.1) is 0 Å². The number of rotatable bonds is 0. The van der Waals surface area contributed by atoms with Gasteiger partial charge in [-0.05, 0) is 13.8 Å². The van der Waals surface area contributed by atoms with Gasteiger partial charge in [0.25, 0.3) is 0 Å². The molecule has 0 bridgehead atoms. The SMILES string of the molecule is Cc1c[nH]c(=O)[n+](C)c1C. The fourth-order valence-electron chi connectivity index (χ4n) is 0.788. The minimum absolute atomic E-state index is 0.0666. The van der Waals surface area contributed by atoms with Crippen molar-refractivity contribution in [2.24, 2.45) is 7.05 Å². The van der Waals surface area contributed by atoms with Crippen LogP contribution in [0.2, 0.25) is 0 Å². The summed E-state index contributed by atoms with van der Waals surface area (Å²) < 4.78 is 1.59. The van der Waals surface area contributed by atoms with Crippen molar-refractivity contribution >= 4 is 0 Å². The van der Waals surface area contributed by atoms with Crippen LogP contribution in [0.1, 0.15) is 11.3 Å². The zero-order valence-electron chi connectivity index (χ0n) is 6.43. The molecule has 0 saturated carbocycles. The van der Waals surface area contributed by atoms with E-state index in [0.29, 0.717) is 0 Å². The van der Waals surface area contributed by atoms with Crippen LogP contribution < -0.4 is 10.3 Å². The van der Waals surface area contributed by atoms with Crippen molar-refractivity contribution in [2.45, 2.75) is 13.8 Å². The third kappa shape index (κ3) is 0.943. The van der Waals surface area contributed by atoms with Crippen LogP contribution in [-0.2, 0) is 7.05 Å². The van der Waals surface area contributed by atoms with Crippen molar-refractivity contribution in [2.75, 3.05) is 0 Å². The van der Waals surface area contributed by atoms with Gasteiger partial charge < -0.3 is 0 Å². The molecule has 0 aromatic carbocycles. The molecule has 0 amide bonds. The molecule has 0 radical (unpaired) electrons. The number of nitrogens with one attached hydrogen (secondary N) is 1.